The molecule has 2 fully saturated rings. The van der Waals surface area contributed by atoms with Gasteiger partial charge in [0.1, 0.15) is 5.60 Å². The molecule has 0 bridgehead atoms. The molecule has 6 heteroatoms. The van der Waals surface area contributed by atoms with Gasteiger partial charge in [-0.1, -0.05) is 6.07 Å². The van der Waals surface area contributed by atoms with Crippen molar-refractivity contribution >= 4 is 5.91 Å². The Labute approximate surface area is 159 Å². The van der Waals surface area contributed by atoms with Crippen LogP contribution in [0.5, 0.6) is 0 Å². The molecule has 2 aliphatic heterocycles. The van der Waals surface area contributed by atoms with E-state index >= 15 is 0 Å². The summed E-state index contributed by atoms with van der Waals surface area (Å²) >= 11 is 0. The molecule has 1 unspecified atom stereocenters. The zero-order valence-corrected chi connectivity index (χ0v) is 15.6. The van der Waals surface area contributed by atoms with Crippen molar-refractivity contribution in [1.82, 2.24) is 14.9 Å². The van der Waals surface area contributed by atoms with E-state index < -0.39 is 0 Å². The first-order valence-corrected chi connectivity index (χ1v) is 9.50. The Hall–Kier alpha value is -2.31. The van der Waals surface area contributed by atoms with Gasteiger partial charge in [-0.05, 0) is 49.9 Å². The Morgan fingerprint density at radius 2 is 2.11 bits per heavy atom. The lowest BCUT2D eigenvalue weighted by atomic mass is 9.79. The van der Waals surface area contributed by atoms with E-state index in [2.05, 4.69) is 9.97 Å². The molecular formula is C21H25N3O3. The second-order valence-corrected chi connectivity index (χ2v) is 7.41. The minimum atomic E-state index is -0.187. The van der Waals surface area contributed by atoms with Crippen molar-refractivity contribution in [2.75, 3.05) is 26.3 Å². The van der Waals surface area contributed by atoms with Crippen molar-refractivity contribution < 1.29 is 14.3 Å². The van der Waals surface area contributed by atoms with Crippen LogP contribution in [0.1, 0.15) is 34.6 Å². The molecule has 27 heavy (non-hydrogen) atoms. The standard InChI is InChI=1S/C21H25N3O3/c1-16-3-2-4-19(23-16)13-26-11-7-18-8-12-27-21(18)14-24(15-21)20(25)17-5-9-22-10-6-17/h2-6,9-10,18H,7-8,11-15H2,1H3. The van der Waals surface area contributed by atoms with Gasteiger partial charge in [-0.15, -0.1) is 0 Å². The van der Waals surface area contributed by atoms with Gasteiger partial charge < -0.3 is 14.4 Å². The van der Waals surface area contributed by atoms with E-state index in [1.54, 1.807) is 24.5 Å². The average molecular weight is 367 g/mol. The third-order valence-corrected chi connectivity index (χ3v) is 5.54. The first kappa shape index (κ1) is 18.1. The summed E-state index contributed by atoms with van der Waals surface area (Å²) < 4.78 is 11.9. The summed E-state index contributed by atoms with van der Waals surface area (Å²) in [5, 5.41) is 0. The fourth-order valence-corrected chi connectivity index (χ4v) is 4.04. The molecule has 6 nitrogen and oxygen atoms in total. The number of ether oxygens (including phenoxy) is 2. The Morgan fingerprint density at radius 3 is 2.89 bits per heavy atom. The number of hydrogen-bond acceptors (Lipinski definition) is 5. The number of aromatic nitrogens is 2. The van der Waals surface area contributed by atoms with Crippen LogP contribution >= 0.6 is 0 Å². The van der Waals surface area contributed by atoms with Crippen LogP contribution in [0.15, 0.2) is 42.7 Å². The van der Waals surface area contributed by atoms with E-state index in [4.69, 9.17) is 9.47 Å². The molecule has 2 saturated heterocycles. The number of nitrogens with zero attached hydrogens (tertiary/aromatic N) is 3. The maximum Gasteiger partial charge on any atom is 0.254 e. The van der Waals surface area contributed by atoms with Gasteiger partial charge in [-0.3, -0.25) is 14.8 Å². The van der Waals surface area contributed by atoms with Crippen LogP contribution in [0.2, 0.25) is 0 Å². The predicted molar refractivity (Wildman–Crippen MR) is 100 cm³/mol. The van der Waals surface area contributed by atoms with Crippen LogP contribution in [-0.2, 0) is 16.1 Å². The van der Waals surface area contributed by atoms with Gasteiger partial charge in [0.25, 0.3) is 5.91 Å². The summed E-state index contributed by atoms with van der Waals surface area (Å²) in [7, 11) is 0. The zero-order chi connectivity index (χ0) is 18.7. The number of amides is 1. The average Bonchev–Trinajstić information content (AvgIpc) is 3.08. The highest BCUT2D eigenvalue weighted by Gasteiger charge is 2.54. The highest BCUT2D eigenvalue weighted by atomic mass is 16.5. The van der Waals surface area contributed by atoms with E-state index in [-0.39, 0.29) is 11.5 Å². The topological polar surface area (TPSA) is 64.6 Å². The highest BCUT2D eigenvalue weighted by molar-refractivity contribution is 5.94. The molecule has 4 heterocycles. The molecule has 1 amide bonds. The molecule has 0 saturated carbocycles. The number of aryl methyl sites for hydroxylation is 1. The summed E-state index contributed by atoms with van der Waals surface area (Å²) in [6.07, 6.45) is 5.28. The summed E-state index contributed by atoms with van der Waals surface area (Å²) in [4.78, 5) is 22.8. The Bertz CT molecular complexity index is 790. The number of pyridine rings is 2. The number of hydrogen-bond donors (Lipinski definition) is 0. The molecule has 0 radical (unpaired) electrons. The quantitative estimate of drug-likeness (QED) is 0.735. The second-order valence-electron chi connectivity index (χ2n) is 7.41. The van der Waals surface area contributed by atoms with Crippen LogP contribution in [0.3, 0.4) is 0 Å². The van der Waals surface area contributed by atoms with Crippen molar-refractivity contribution in [3.63, 3.8) is 0 Å². The largest absolute Gasteiger partial charge is 0.375 e. The van der Waals surface area contributed by atoms with Crippen LogP contribution in [0, 0.1) is 12.8 Å². The first-order valence-electron chi connectivity index (χ1n) is 9.50. The van der Waals surface area contributed by atoms with Crippen LogP contribution < -0.4 is 0 Å². The summed E-state index contributed by atoms with van der Waals surface area (Å²) in [6, 6.07) is 9.49. The van der Waals surface area contributed by atoms with Crippen molar-refractivity contribution in [2.45, 2.75) is 32.0 Å². The van der Waals surface area contributed by atoms with Crippen LogP contribution in [0.4, 0.5) is 0 Å². The molecule has 0 N–H and O–H groups in total. The van der Waals surface area contributed by atoms with E-state index in [1.807, 2.05) is 30.0 Å². The van der Waals surface area contributed by atoms with E-state index in [9.17, 15) is 4.79 Å². The van der Waals surface area contributed by atoms with Gasteiger partial charge >= 0.3 is 0 Å². The van der Waals surface area contributed by atoms with Gasteiger partial charge in [0.15, 0.2) is 0 Å². The summed E-state index contributed by atoms with van der Waals surface area (Å²) in [5.41, 5.74) is 2.47. The fourth-order valence-electron chi connectivity index (χ4n) is 4.04. The fraction of sp³-hybridized carbons (Fsp3) is 0.476. The van der Waals surface area contributed by atoms with Crippen molar-refractivity contribution in [3.05, 3.63) is 59.7 Å². The Kier molecular flexibility index (Phi) is 5.18. The zero-order valence-electron chi connectivity index (χ0n) is 15.6. The van der Waals surface area contributed by atoms with Gasteiger partial charge in [-0.2, -0.15) is 0 Å². The number of carbonyl (C=O) groups excluding carboxylic acids is 1. The highest BCUT2D eigenvalue weighted by Crippen LogP contribution is 2.42. The Balaban J connectivity index is 1.26. The molecule has 4 rings (SSSR count). The molecule has 0 aromatic carbocycles. The molecule has 2 aliphatic rings. The third kappa shape index (κ3) is 3.87. The van der Waals surface area contributed by atoms with Gasteiger partial charge in [-0.25, -0.2) is 0 Å². The monoisotopic (exact) mass is 367 g/mol. The smallest absolute Gasteiger partial charge is 0.254 e. The maximum atomic E-state index is 12.5. The minimum Gasteiger partial charge on any atom is -0.375 e. The SMILES string of the molecule is Cc1cccc(COCCC2CCOC23CN(C(=O)c2ccncc2)C3)n1. The van der Waals surface area contributed by atoms with Crippen molar-refractivity contribution in [3.8, 4) is 0 Å². The van der Waals surface area contributed by atoms with Crippen molar-refractivity contribution in [1.29, 1.82) is 0 Å². The third-order valence-electron chi connectivity index (χ3n) is 5.54. The van der Waals surface area contributed by atoms with E-state index in [0.717, 1.165) is 30.8 Å². The van der Waals surface area contributed by atoms with Gasteiger partial charge in [0.2, 0.25) is 0 Å². The number of carbonyl (C=O) groups is 1. The molecule has 0 aliphatic carbocycles. The molecule has 1 atom stereocenters. The van der Waals surface area contributed by atoms with E-state index in [1.165, 1.54) is 0 Å². The van der Waals surface area contributed by atoms with E-state index in [0.29, 0.717) is 37.8 Å². The number of rotatable bonds is 6. The second kappa shape index (κ2) is 7.74. The lowest BCUT2D eigenvalue weighted by Gasteiger charge is -2.50. The normalized spacial score (nSPS) is 20.6. The van der Waals surface area contributed by atoms with Crippen LogP contribution in [0.25, 0.3) is 0 Å². The molecule has 142 valence electrons. The lowest BCUT2D eigenvalue weighted by Crippen LogP contribution is -2.66. The van der Waals surface area contributed by atoms with Crippen molar-refractivity contribution in [2.24, 2.45) is 5.92 Å². The molecular weight excluding hydrogens is 342 g/mol. The lowest BCUT2D eigenvalue weighted by molar-refractivity contribution is -0.120. The van der Waals surface area contributed by atoms with Gasteiger partial charge in [0.05, 0.1) is 25.4 Å². The number of likely N-dealkylation sites (tertiary alicyclic amines) is 1. The summed E-state index contributed by atoms with van der Waals surface area (Å²) in [6.45, 7) is 5.30. The summed E-state index contributed by atoms with van der Waals surface area (Å²) in [5.74, 6) is 0.489. The molecule has 2 aromatic rings. The maximum absolute atomic E-state index is 12.5. The molecule has 1 spiro atoms. The minimum absolute atomic E-state index is 0.0547. The molecule has 2 aromatic heterocycles. The first-order chi connectivity index (χ1) is 13.2. The van der Waals surface area contributed by atoms with Gasteiger partial charge in [0, 0.05) is 36.9 Å². The predicted octanol–water partition coefficient (Wildman–Crippen LogP) is 2.62. The van der Waals surface area contributed by atoms with Crippen LogP contribution in [-0.4, -0.2) is 52.7 Å². The Morgan fingerprint density at radius 1 is 1.30 bits per heavy atom.